The molecule has 126 valence electrons. The highest BCUT2D eigenvalue weighted by Crippen LogP contribution is 2.36. The lowest BCUT2D eigenvalue weighted by Gasteiger charge is -2.20. The minimum absolute atomic E-state index is 0.124. The highest BCUT2D eigenvalue weighted by atomic mass is 32.1. The second-order valence-corrected chi connectivity index (χ2v) is 6.16. The van der Waals surface area contributed by atoms with Crippen LogP contribution in [-0.4, -0.2) is 37.6 Å². The van der Waals surface area contributed by atoms with Crippen molar-refractivity contribution >= 4 is 34.0 Å². The van der Waals surface area contributed by atoms with Crippen LogP contribution in [0.2, 0.25) is 0 Å². The fourth-order valence-corrected chi connectivity index (χ4v) is 3.15. The Hall–Kier alpha value is -2.61. The molecular weight excluding hydrogens is 330 g/mol. The summed E-state index contributed by atoms with van der Waals surface area (Å²) >= 11 is 1.34. The van der Waals surface area contributed by atoms with Crippen LogP contribution in [-0.2, 0) is 9.59 Å². The van der Waals surface area contributed by atoms with Crippen LogP contribution in [0.4, 0.5) is 10.8 Å². The van der Waals surface area contributed by atoms with Crippen LogP contribution in [0.1, 0.15) is 6.42 Å². The normalized spacial score (nSPS) is 17.0. The van der Waals surface area contributed by atoms with Gasteiger partial charge in [0.05, 0.1) is 25.8 Å². The Bertz CT molecular complexity index is 748. The van der Waals surface area contributed by atoms with E-state index in [9.17, 15) is 9.59 Å². The van der Waals surface area contributed by atoms with Crippen LogP contribution in [0, 0.1) is 5.92 Å². The number of aromatic nitrogens is 1. The molecule has 1 aliphatic heterocycles. The number of hydrogen-bond acceptors (Lipinski definition) is 6. The summed E-state index contributed by atoms with van der Waals surface area (Å²) in [6, 6.07) is 5.23. The van der Waals surface area contributed by atoms with Crippen LogP contribution in [0.25, 0.3) is 0 Å². The van der Waals surface area contributed by atoms with Gasteiger partial charge in [-0.05, 0) is 12.1 Å². The molecule has 0 bridgehead atoms. The van der Waals surface area contributed by atoms with Gasteiger partial charge < -0.3 is 19.7 Å². The van der Waals surface area contributed by atoms with E-state index in [2.05, 4.69) is 10.3 Å². The highest BCUT2D eigenvalue weighted by molar-refractivity contribution is 7.13. The molecule has 1 aliphatic rings. The van der Waals surface area contributed by atoms with Crippen molar-refractivity contribution in [3.8, 4) is 11.5 Å². The number of thiazole rings is 1. The Labute approximate surface area is 143 Å². The van der Waals surface area contributed by atoms with Gasteiger partial charge in [-0.25, -0.2) is 4.98 Å². The number of ether oxygens (including phenoxy) is 2. The number of nitrogens with zero attached hydrogens (tertiary/aromatic N) is 2. The Morgan fingerprint density at radius 1 is 1.38 bits per heavy atom. The molecule has 3 rings (SSSR count). The van der Waals surface area contributed by atoms with Crippen molar-refractivity contribution in [1.82, 2.24) is 4.98 Å². The number of carbonyl (C=O) groups is 2. The van der Waals surface area contributed by atoms with E-state index in [1.165, 1.54) is 11.3 Å². The van der Waals surface area contributed by atoms with Gasteiger partial charge in [-0.2, -0.15) is 0 Å². The van der Waals surface area contributed by atoms with Crippen LogP contribution in [0.5, 0.6) is 11.5 Å². The molecular formula is C16H17N3O4S. The molecule has 0 saturated carbocycles. The average Bonchev–Trinajstić information content (AvgIpc) is 3.23. The second-order valence-electron chi connectivity index (χ2n) is 5.27. The Morgan fingerprint density at radius 2 is 2.21 bits per heavy atom. The Kier molecular flexibility index (Phi) is 4.66. The third-order valence-electron chi connectivity index (χ3n) is 3.84. The predicted molar refractivity (Wildman–Crippen MR) is 90.7 cm³/mol. The average molecular weight is 347 g/mol. The lowest BCUT2D eigenvalue weighted by Crippen LogP contribution is -2.28. The van der Waals surface area contributed by atoms with Crippen molar-refractivity contribution in [2.24, 2.45) is 5.92 Å². The highest BCUT2D eigenvalue weighted by Gasteiger charge is 2.36. The van der Waals surface area contributed by atoms with Gasteiger partial charge in [0.1, 0.15) is 11.5 Å². The van der Waals surface area contributed by atoms with Crippen molar-refractivity contribution in [3.05, 3.63) is 29.8 Å². The first kappa shape index (κ1) is 16.3. The summed E-state index contributed by atoms with van der Waals surface area (Å²) in [5.41, 5.74) is 0.603. The van der Waals surface area contributed by atoms with E-state index in [0.717, 1.165) is 0 Å². The summed E-state index contributed by atoms with van der Waals surface area (Å²) in [7, 11) is 3.10. The number of benzene rings is 1. The molecule has 1 atom stereocenters. The van der Waals surface area contributed by atoms with Gasteiger partial charge in [-0.1, -0.05) is 0 Å². The zero-order valence-corrected chi connectivity index (χ0v) is 14.1. The molecule has 0 unspecified atom stereocenters. The van der Waals surface area contributed by atoms with E-state index in [0.29, 0.717) is 28.9 Å². The van der Waals surface area contributed by atoms with E-state index in [-0.39, 0.29) is 18.2 Å². The first-order valence-corrected chi connectivity index (χ1v) is 8.23. The van der Waals surface area contributed by atoms with Gasteiger partial charge in [0.25, 0.3) is 0 Å². The molecule has 0 radical (unpaired) electrons. The fourth-order valence-electron chi connectivity index (χ4n) is 2.62. The van der Waals surface area contributed by atoms with Crippen molar-refractivity contribution in [2.75, 3.05) is 31.0 Å². The zero-order valence-electron chi connectivity index (χ0n) is 13.3. The summed E-state index contributed by atoms with van der Waals surface area (Å²) < 4.78 is 10.5. The molecule has 2 heterocycles. The summed E-state index contributed by atoms with van der Waals surface area (Å²) in [6.07, 6.45) is 1.77. The molecule has 1 aromatic heterocycles. The predicted octanol–water partition coefficient (Wildman–Crippen LogP) is 2.15. The van der Waals surface area contributed by atoms with Crippen LogP contribution in [0.3, 0.4) is 0 Å². The lowest BCUT2D eigenvalue weighted by molar-refractivity contribution is -0.122. The van der Waals surface area contributed by atoms with Gasteiger partial charge in [-0.15, -0.1) is 11.3 Å². The standard InChI is InChI=1S/C16H17N3O4S/c1-22-11-3-4-13(23-2)12(8-11)19-9-10(7-14(19)20)15(21)18-16-17-5-6-24-16/h3-6,8,10H,7,9H2,1-2H3,(H,17,18,21)/t10-/m0/s1. The van der Waals surface area contributed by atoms with Gasteiger partial charge in [-0.3, -0.25) is 9.59 Å². The molecule has 2 amide bonds. The molecule has 7 nitrogen and oxygen atoms in total. The van der Waals surface area contributed by atoms with Gasteiger partial charge in [0.2, 0.25) is 11.8 Å². The summed E-state index contributed by atoms with van der Waals surface area (Å²) in [5.74, 6) is 0.417. The van der Waals surface area contributed by atoms with Crippen LogP contribution >= 0.6 is 11.3 Å². The van der Waals surface area contributed by atoms with Gasteiger partial charge in [0, 0.05) is 30.6 Å². The molecule has 1 aromatic carbocycles. The summed E-state index contributed by atoms with van der Waals surface area (Å²) in [6.45, 7) is 0.291. The number of hydrogen-bond donors (Lipinski definition) is 1. The number of carbonyl (C=O) groups excluding carboxylic acids is 2. The Balaban J connectivity index is 1.78. The molecule has 0 spiro atoms. The maximum Gasteiger partial charge on any atom is 0.231 e. The maximum absolute atomic E-state index is 12.4. The number of rotatable bonds is 5. The largest absolute Gasteiger partial charge is 0.497 e. The monoisotopic (exact) mass is 347 g/mol. The van der Waals surface area contributed by atoms with E-state index in [1.807, 2.05) is 0 Å². The van der Waals surface area contributed by atoms with Crippen molar-refractivity contribution < 1.29 is 19.1 Å². The molecule has 1 N–H and O–H groups in total. The van der Waals surface area contributed by atoms with Crippen LogP contribution < -0.4 is 19.7 Å². The molecule has 2 aromatic rings. The minimum atomic E-state index is -0.433. The molecule has 8 heteroatoms. The van der Waals surface area contributed by atoms with E-state index in [1.54, 1.807) is 48.9 Å². The number of methoxy groups -OCH3 is 2. The van der Waals surface area contributed by atoms with Gasteiger partial charge in [0.15, 0.2) is 5.13 Å². The Morgan fingerprint density at radius 3 is 2.88 bits per heavy atom. The molecule has 24 heavy (non-hydrogen) atoms. The first-order chi connectivity index (χ1) is 11.6. The quantitative estimate of drug-likeness (QED) is 0.896. The topological polar surface area (TPSA) is 80.8 Å². The zero-order chi connectivity index (χ0) is 17.1. The van der Waals surface area contributed by atoms with Crippen molar-refractivity contribution in [2.45, 2.75) is 6.42 Å². The van der Waals surface area contributed by atoms with Crippen molar-refractivity contribution in [3.63, 3.8) is 0 Å². The smallest absolute Gasteiger partial charge is 0.231 e. The van der Waals surface area contributed by atoms with E-state index >= 15 is 0 Å². The molecule has 0 aliphatic carbocycles. The minimum Gasteiger partial charge on any atom is -0.497 e. The fraction of sp³-hybridized carbons (Fsp3) is 0.312. The number of nitrogens with one attached hydrogen (secondary N) is 1. The summed E-state index contributed by atoms with van der Waals surface area (Å²) in [5, 5.41) is 5.05. The SMILES string of the molecule is COc1ccc(OC)c(N2C[C@@H](C(=O)Nc3nccs3)CC2=O)c1. The van der Waals surface area contributed by atoms with Gasteiger partial charge >= 0.3 is 0 Å². The molecule has 1 fully saturated rings. The van der Waals surface area contributed by atoms with E-state index < -0.39 is 5.92 Å². The van der Waals surface area contributed by atoms with Crippen LogP contribution in [0.15, 0.2) is 29.8 Å². The number of amides is 2. The first-order valence-electron chi connectivity index (χ1n) is 7.35. The summed E-state index contributed by atoms with van der Waals surface area (Å²) in [4.78, 5) is 30.3. The van der Waals surface area contributed by atoms with E-state index in [4.69, 9.17) is 9.47 Å². The van der Waals surface area contributed by atoms with Crippen molar-refractivity contribution in [1.29, 1.82) is 0 Å². The molecule has 1 saturated heterocycles. The lowest BCUT2D eigenvalue weighted by atomic mass is 10.1. The third-order valence-corrected chi connectivity index (χ3v) is 4.52. The number of anilines is 2. The maximum atomic E-state index is 12.4. The second kappa shape index (κ2) is 6.88. The third kappa shape index (κ3) is 3.18.